The van der Waals surface area contributed by atoms with Crippen molar-refractivity contribution in [1.29, 1.82) is 0 Å². The van der Waals surface area contributed by atoms with E-state index in [4.69, 9.17) is 14.2 Å². The SMILES string of the molecule is COc1c(OC(C)=O)ccc2c1COC(=O)C2. The van der Waals surface area contributed by atoms with Gasteiger partial charge in [0.1, 0.15) is 6.61 Å². The van der Waals surface area contributed by atoms with Crippen molar-refractivity contribution < 1.29 is 23.8 Å². The molecule has 5 heteroatoms. The Labute approximate surface area is 98.3 Å². The molecule has 0 aliphatic carbocycles. The zero-order valence-electron chi connectivity index (χ0n) is 9.61. The maximum atomic E-state index is 11.1. The van der Waals surface area contributed by atoms with Gasteiger partial charge in [-0.3, -0.25) is 9.59 Å². The first-order valence-electron chi connectivity index (χ1n) is 5.14. The summed E-state index contributed by atoms with van der Waals surface area (Å²) in [6, 6.07) is 3.37. The van der Waals surface area contributed by atoms with Crippen molar-refractivity contribution in [2.45, 2.75) is 20.0 Å². The predicted molar refractivity (Wildman–Crippen MR) is 57.8 cm³/mol. The maximum Gasteiger partial charge on any atom is 0.310 e. The first-order valence-corrected chi connectivity index (χ1v) is 5.14. The molecule has 90 valence electrons. The fraction of sp³-hybridized carbons (Fsp3) is 0.333. The van der Waals surface area contributed by atoms with Gasteiger partial charge in [0.25, 0.3) is 0 Å². The van der Waals surface area contributed by atoms with E-state index in [-0.39, 0.29) is 19.0 Å². The van der Waals surface area contributed by atoms with Crippen molar-refractivity contribution in [3.05, 3.63) is 23.3 Å². The normalized spacial score (nSPS) is 13.6. The number of rotatable bonds is 2. The molecule has 2 rings (SSSR count). The highest BCUT2D eigenvalue weighted by atomic mass is 16.6. The maximum absolute atomic E-state index is 11.1. The Morgan fingerprint density at radius 3 is 2.82 bits per heavy atom. The van der Waals surface area contributed by atoms with E-state index in [0.717, 1.165) is 11.1 Å². The number of benzene rings is 1. The third-order valence-electron chi connectivity index (χ3n) is 2.49. The lowest BCUT2D eigenvalue weighted by Crippen LogP contribution is -2.17. The van der Waals surface area contributed by atoms with Crippen LogP contribution in [0.1, 0.15) is 18.1 Å². The van der Waals surface area contributed by atoms with Gasteiger partial charge in [0.05, 0.1) is 13.5 Å². The summed E-state index contributed by atoms with van der Waals surface area (Å²) in [5, 5.41) is 0. The number of esters is 2. The van der Waals surface area contributed by atoms with Gasteiger partial charge in [0.2, 0.25) is 0 Å². The fourth-order valence-electron chi connectivity index (χ4n) is 1.79. The standard InChI is InChI=1S/C12H12O5/c1-7(13)17-10-4-3-8-5-11(14)16-6-9(8)12(10)15-2/h3-4H,5-6H2,1-2H3. The predicted octanol–water partition coefficient (Wildman–Crippen LogP) is 1.22. The molecule has 0 fully saturated rings. The van der Waals surface area contributed by atoms with Crippen LogP contribution < -0.4 is 9.47 Å². The van der Waals surface area contributed by atoms with E-state index in [2.05, 4.69) is 0 Å². The number of methoxy groups -OCH3 is 1. The average molecular weight is 236 g/mol. The lowest BCUT2D eigenvalue weighted by molar-refractivity contribution is -0.145. The molecule has 17 heavy (non-hydrogen) atoms. The quantitative estimate of drug-likeness (QED) is 0.570. The second-order valence-electron chi connectivity index (χ2n) is 3.67. The van der Waals surface area contributed by atoms with Crippen LogP contribution in [0.4, 0.5) is 0 Å². The van der Waals surface area contributed by atoms with Gasteiger partial charge in [-0.25, -0.2) is 0 Å². The van der Waals surface area contributed by atoms with Crippen LogP contribution in [-0.4, -0.2) is 19.0 Å². The van der Waals surface area contributed by atoms with Crippen LogP contribution in [0.15, 0.2) is 12.1 Å². The number of carbonyl (C=O) groups is 2. The van der Waals surface area contributed by atoms with E-state index < -0.39 is 5.97 Å². The van der Waals surface area contributed by atoms with E-state index in [1.165, 1.54) is 14.0 Å². The topological polar surface area (TPSA) is 61.8 Å². The van der Waals surface area contributed by atoms with Crippen molar-refractivity contribution in [2.24, 2.45) is 0 Å². The van der Waals surface area contributed by atoms with Gasteiger partial charge in [0.15, 0.2) is 11.5 Å². The lowest BCUT2D eigenvalue weighted by atomic mass is 10.0. The summed E-state index contributed by atoms with van der Waals surface area (Å²) in [5.74, 6) is 0.109. The van der Waals surface area contributed by atoms with E-state index in [1.807, 2.05) is 0 Å². The van der Waals surface area contributed by atoms with Gasteiger partial charge in [-0.05, 0) is 11.6 Å². The molecular formula is C12H12O5. The van der Waals surface area contributed by atoms with Gasteiger partial charge in [-0.2, -0.15) is 0 Å². The Bertz CT molecular complexity index is 478. The van der Waals surface area contributed by atoms with E-state index in [1.54, 1.807) is 12.1 Å². The van der Waals surface area contributed by atoms with Crippen LogP contribution in [0.5, 0.6) is 11.5 Å². The molecule has 1 aromatic carbocycles. The highest BCUT2D eigenvalue weighted by molar-refractivity contribution is 5.77. The largest absolute Gasteiger partial charge is 0.492 e. The number of ether oxygens (including phenoxy) is 3. The third kappa shape index (κ3) is 2.22. The molecular weight excluding hydrogens is 224 g/mol. The van der Waals surface area contributed by atoms with E-state index in [9.17, 15) is 9.59 Å². The smallest absolute Gasteiger partial charge is 0.310 e. The highest BCUT2D eigenvalue weighted by Crippen LogP contribution is 2.36. The second-order valence-corrected chi connectivity index (χ2v) is 3.67. The molecule has 1 aromatic rings. The number of hydrogen-bond donors (Lipinski definition) is 0. The molecule has 0 aromatic heterocycles. The third-order valence-corrected chi connectivity index (χ3v) is 2.49. The average Bonchev–Trinajstić information content (AvgIpc) is 2.28. The molecule has 5 nitrogen and oxygen atoms in total. The second kappa shape index (κ2) is 4.45. The fourth-order valence-corrected chi connectivity index (χ4v) is 1.79. The van der Waals surface area contributed by atoms with Gasteiger partial charge in [-0.1, -0.05) is 6.07 Å². The molecule has 0 radical (unpaired) electrons. The van der Waals surface area contributed by atoms with Crippen molar-refractivity contribution in [1.82, 2.24) is 0 Å². The minimum atomic E-state index is -0.420. The van der Waals surface area contributed by atoms with Crippen LogP contribution >= 0.6 is 0 Å². The Morgan fingerprint density at radius 1 is 1.41 bits per heavy atom. The number of cyclic esters (lactones) is 1. The molecule has 0 unspecified atom stereocenters. The number of hydrogen-bond acceptors (Lipinski definition) is 5. The molecule has 0 saturated heterocycles. The van der Waals surface area contributed by atoms with Crippen molar-refractivity contribution >= 4 is 11.9 Å². The number of fused-ring (bicyclic) bond motifs is 1. The molecule has 0 bridgehead atoms. The summed E-state index contributed by atoms with van der Waals surface area (Å²) in [5.41, 5.74) is 1.60. The summed E-state index contributed by atoms with van der Waals surface area (Å²) < 4.78 is 15.2. The molecule has 0 atom stereocenters. The Hall–Kier alpha value is -2.04. The Morgan fingerprint density at radius 2 is 2.18 bits per heavy atom. The van der Waals surface area contributed by atoms with Gasteiger partial charge >= 0.3 is 11.9 Å². The van der Waals surface area contributed by atoms with Crippen LogP contribution in [0, 0.1) is 0 Å². The lowest BCUT2D eigenvalue weighted by Gasteiger charge is -2.20. The Kier molecular flexibility index (Phi) is 2.99. The van der Waals surface area contributed by atoms with Gasteiger partial charge in [-0.15, -0.1) is 0 Å². The monoisotopic (exact) mass is 236 g/mol. The highest BCUT2D eigenvalue weighted by Gasteiger charge is 2.23. The minimum Gasteiger partial charge on any atom is -0.492 e. The Balaban J connectivity index is 2.44. The first-order chi connectivity index (χ1) is 8.11. The van der Waals surface area contributed by atoms with Gasteiger partial charge < -0.3 is 14.2 Å². The van der Waals surface area contributed by atoms with Crippen LogP contribution in [0.2, 0.25) is 0 Å². The summed E-state index contributed by atoms with van der Waals surface area (Å²) in [6.45, 7) is 1.46. The van der Waals surface area contributed by atoms with Crippen LogP contribution in [0.3, 0.4) is 0 Å². The zero-order valence-corrected chi connectivity index (χ0v) is 9.61. The number of carbonyl (C=O) groups excluding carboxylic acids is 2. The van der Waals surface area contributed by atoms with Crippen LogP contribution in [-0.2, 0) is 27.4 Å². The van der Waals surface area contributed by atoms with E-state index >= 15 is 0 Å². The zero-order chi connectivity index (χ0) is 12.4. The summed E-state index contributed by atoms with van der Waals surface area (Å²) in [4.78, 5) is 22.1. The van der Waals surface area contributed by atoms with Crippen LogP contribution in [0.25, 0.3) is 0 Å². The molecule has 0 amide bonds. The summed E-state index contributed by atoms with van der Waals surface area (Å²) in [7, 11) is 1.49. The molecule has 1 aliphatic rings. The first kappa shape index (κ1) is 11.4. The molecule has 0 N–H and O–H groups in total. The molecule has 1 aliphatic heterocycles. The van der Waals surface area contributed by atoms with Crippen molar-refractivity contribution in [2.75, 3.05) is 7.11 Å². The molecule has 0 spiro atoms. The van der Waals surface area contributed by atoms with Crippen molar-refractivity contribution in [3.63, 3.8) is 0 Å². The minimum absolute atomic E-state index is 0.145. The molecule has 0 saturated carbocycles. The summed E-state index contributed by atoms with van der Waals surface area (Å²) in [6.07, 6.45) is 0.214. The van der Waals surface area contributed by atoms with E-state index in [0.29, 0.717) is 11.5 Å². The summed E-state index contributed by atoms with van der Waals surface area (Å²) >= 11 is 0. The van der Waals surface area contributed by atoms with Gasteiger partial charge in [0, 0.05) is 12.5 Å². The van der Waals surface area contributed by atoms with Crippen molar-refractivity contribution in [3.8, 4) is 11.5 Å². The molecule has 1 heterocycles.